The summed E-state index contributed by atoms with van der Waals surface area (Å²) in [7, 11) is 1.63. The van der Waals surface area contributed by atoms with Crippen LogP contribution in [0.5, 0.6) is 0 Å². The first kappa shape index (κ1) is 23.3. The molecule has 0 radical (unpaired) electrons. The van der Waals surface area contributed by atoms with Gasteiger partial charge in [0.05, 0.1) is 18.8 Å². The van der Waals surface area contributed by atoms with Gasteiger partial charge in [0.2, 0.25) is 11.7 Å². The molecule has 1 aromatic heterocycles. The second-order valence-electron chi connectivity index (χ2n) is 8.67. The molecule has 35 heavy (non-hydrogen) atoms. The third kappa shape index (κ3) is 5.00. The Hall–Kier alpha value is -3.47. The smallest absolute Gasteiger partial charge is 0.291 e. The first-order chi connectivity index (χ1) is 16.8. The van der Waals surface area contributed by atoms with Gasteiger partial charge in [0, 0.05) is 36.3 Å². The molecule has 1 fully saturated rings. The van der Waals surface area contributed by atoms with Crippen LogP contribution in [0.2, 0.25) is 0 Å². The lowest BCUT2D eigenvalue weighted by molar-refractivity contribution is -0.119. The Morgan fingerprint density at radius 2 is 2.03 bits per heavy atom. The van der Waals surface area contributed by atoms with E-state index in [1.807, 2.05) is 36.4 Å². The number of carbonyl (C=O) groups is 2. The average molecular weight is 499 g/mol. The van der Waals surface area contributed by atoms with Crippen molar-refractivity contribution in [3.63, 3.8) is 0 Å². The molecule has 182 valence electrons. The summed E-state index contributed by atoms with van der Waals surface area (Å²) in [5.74, 6) is -3.22. The van der Waals surface area contributed by atoms with E-state index in [0.29, 0.717) is 23.7 Å². The maximum absolute atomic E-state index is 13.7. The third-order valence-electron chi connectivity index (χ3n) is 6.11. The number of aromatic nitrogens is 3. The standard InChI is InChI=1S/C24H24F2N6O2S/c1-30-19-11-17(31-10-9-24(25,26)14-31)7-8-20(19)35-13-18(23(30)34)28-22(33)21-27-15-32(29-21)12-16-5-3-2-4-6-16/h2-8,11,15,18H,9-10,12-14H2,1H3,(H,28,33)/t18-/m0/s1. The molecule has 2 amide bonds. The van der Waals surface area contributed by atoms with Crippen molar-refractivity contribution in [1.82, 2.24) is 20.1 Å². The molecule has 2 aliphatic heterocycles. The van der Waals surface area contributed by atoms with E-state index in [2.05, 4.69) is 15.4 Å². The number of hydrogen-bond acceptors (Lipinski definition) is 6. The molecule has 3 heterocycles. The minimum Gasteiger partial charge on any atom is -0.365 e. The summed E-state index contributed by atoms with van der Waals surface area (Å²) in [6, 6.07) is 14.3. The monoisotopic (exact) mass is 498 g/mol. The maximum Gasteiger partial charge on any atom is 0.291 e. The molecule has 2 aromatic carbocycles. The van der Waals surface area contributed by atoms with E-state index in [9.17, 15) is 18.4 Å². The Bertz CT molecular complexity index is 1250. The SMILES string of the molecule is CN1C(=O)[C@@H](NC(=O)c2ncn(Cc3ccccc3)n2)CSc2ccc(N3CCC(F)(F)C3)cc21. The summed E-state index contributed by atoms with van der Waals surface area (Å²) in [4.78, 5) is 34.0. The Balaban J connectivity index is 1.27. The van der Waals surface area contributed by atoms with Crippen LogP contribution in [0.1, 0.15) is 22.6 Å². The molecule has 8 nitrogen and oxygen atoms in total. The summed E-state index contributed by atoms with van der Waals surface area (Å²) < 4.78 is 28.9. The van der Waals surface area contributed by atoms with Crippen LogP contribution >= 0.6 is 11.8 Å². The van der Waals surface area contributed by atoms with Crippen molar-refractivity contribution >= 4 is 35.0 Å². The second kappa shape index (κ2) is 9.29. The number of hydrogen-bond donors (Lipinski definition) is 1. The minimum atomic E-state index is -2.71. The number of benzene rings is 2. The van der Waals surface area contributed by atoms with Crippen molar-refractivity contribution in [2.24, 2.45) is 0 Å². The summed E-state index contributed by atoms with van der Waals surface area (Å²) >= 11 is 1.43. The van der Waals surface area contributed by atoms with Gasteiger partial charge in [-0.2, -0.15) is 0 Å². The highest BCUT2D eigenvalue weighted by atomic mass is 32.2. The molecule has 0 bridgehead atoms. The predicted octanol–water partition coefficient (Wildman–Crippen LogP) is 3.04. The van der Waals surface area contributed by atoms with Gasteiger partial charge < -0.3 is 15.1 Å². The van der Waals surface area contributed by atoms with Gasteiger partial charge in [-0.15, -0.1) is 16.9 Å². The van der Waals surface area contributed by atoms with Crippen LogP contribution in [0.15, 0.2) is 59.8 Å². The highest BCUT2D eigenvalue weighted by Crippen LogP contribution is 2.38. The van der Waals surface area contributed by atoms with E-state index in [-0.39, 0.29) is 31.2 Å². The van der Waals surface area contributed by atoms with E-state index < -0.39 is 17.9 Å². The normalized spacial score (nSPS) is 19.4. The van der Waals surface area contributed by atoms with Crippen LogP contribution in [0, 0.1) is 0 Å². The Kier molecular flexibility index (Phi) is 6.18. The van der Waals surface area contributed by atoms with Crippen LogP contribution in [0.4, 0.5) is 20.2 Å². The van der Waals surface area contributed by atoms with Crippen molar-refractivity contribution in [3.8, 4) is 0 Å². The van der Waals surface area contributed by atoms with E-state index in [0.717, 1.165) is 10.5 Å². The van der Waals surface area contributed by atoms with E-state index >= 15 is 0 Å². The lowest BCUT2D eigenvalue weighted by atomic mass is 10.2. The quantitative estimate of drug-likeness (QED) is 0.582. The molecule has 2 aliphatic rings. The number of alkyl halides is 2. The van der Waals surface area contributed by atoms with Gasteiger partial charge in [-0.1, -0.05) is 30.3 Å². The fourth-order valence-corrected chi connectivity index (χ4v) is 5.29. The Morgan fingerprint density at radius 3 is 2.77 bits per heavy atom. The molecule has 11 heteroatoms. The molecule has 5 rings (SSSR count). The Labute approximate surface area is 205 Å². The highest BCUT2D eigenvalue weighted by Gasteiger charge is 2.39. The van der Waals surface area contributed by atoms with Crippen molar-refractivity contribution in [3.05, 3.63) is 66.2 Å². The zero-order valence-corrected chi connectivity index (χ0v) is 19.8. The van der Waals surface area contributed by atoms with Gasteiger partial charge >= 0.3 is 0 Å². The number of halogens is 2. The fourth-order valence-electron chi connectivity index (χ4n) is 4.21. The molecule has 0 saturated carbocycles. The number of nitrogens with one attached hydrogen (secondary N) is 1. The third-order valence-corrected chi connectivity index (χ3v) is 7.26. The molecule has 0 spiro atoms. The lowest BCUT2D eigenvalue weighted by Gasteiger charge is -2.24. The van der Waals surface area contributed by atoms with Crippen molar-refractivity contribution in [2.45, 2.75) is 29.8 Å². The first-order valence-electron chi connectivity index (χ1n) is 11.2. The molecular weight excluding hydrogens is 474 g/mol. The number of nitrogens with zero attached hydrogens (tertiary/aromatic N) is 5. The molecular formula is C24H24F2N6O2S. The van der Waals surface area contributed by atoms with Crippen molar-refractivity contribution in [1.29, 1.82) is 0 Å². The van der Waals surface area contributed by atoms with Crippen LogP contribution < -0.4 is 15.1 Å². The topological polar surface area (TPSA) is 83.4 Å². The van der Waals surface area contributed by atoms with Crippen LogP contribution in [-0.4, -0.2) is 64.4 Å². The second-order valence-corrected chi connectivity index (χ2v) is 9.73. The zero-order valence-electron chi connectivity index (χ0n) is 19.0. The molecule has 0 aliphatic carbocycles. The maximum atomic E-state index is 13.7. The van der Waals surface area contributed by atoms with Gasteiger partial charge in [0.1, 0.15) is 12.4 Å². The Morgan fingerprint density at radius 1 is 1.23 bits per heavy atom. The number of rotatable bonds is 5. The van der Waals surface area contributed by atoms with E-state index in [1.54, 1.807) is 28.8 Å². The van der Waals surface area contributed by atoms with Crippen molar-refractivity contribution in [2.75, 3.05) is 35.7 Å². The molecule has 1 saturated heterocycles. The van der Waals surface area contributed by atoms with E-state index in [1.165, 1.54) is 23.0 Å². The largest absolute Gasteiger partial charge is 0.365 e. The average Bonchev–Trinajstić information content (AvgIpc) is 3.44. The number of likely N-dealkylation sites (N-methyl/N-ethyl adjacent to an activating group) is 1. The number of carbonyl (C=O) groups excluding carboxylic acids is 2. The van der Waals surface area contributed by atoms with Gasteiger partial charge in [-0.05, 0) is 23.8 Å². The predicted molar refractivity (Wildman–Crippen MR) is 129 cm³/mol. The summed E-state index contributed by atoms with van der Waals surface area (Å²) in [6.07, 6.45) is 1.30. The number of thioether (sulfide) groups is 1. The molecule has 1 N–H and O–H groups in total. The number of amides is 2. The van der Waals surface area contributed by atoms with Gasteiger partial charge in [0.15, 0.2) is 0 Å². The fraction of sp³-hybridized carbons (Fsp3) is 0.333. The molecule has 0 unspecified atom stereocenters. The summed E-state index contributed by atoms with van der Waals surface area (Å²) in [5, 5.41) is 6.99. The van der Waals surface area contributed by atoms with Crippen LogP contribution in [0.3, 0.4) is 0 Å². The van der Waals surface area contributed by atoms with Crippen LogP contribution in [0.25, 0.3) is 0 Å². The van der Waals surface area contributed by atoms with E-state index in [4.69, 9.17) is 0 Å². The van der Waals surface area contributed by atoms with Crippen molar-refractivity contribution < 1.29 is 18.4 Å². The number of anilines is 2. The lowest BCUT2D eigenvalue weighted by Crippen LogP contribution is -2.48. The first-order valence-corrected chi connectivity index (χ1v) is 12.2. The number of fused-ring (bicyclic) bond motifs is 1. The summed E-state index contributed by atoms with van der Waals surface area (Å²) in [6.45, 7) is 0.404. The highest BCUT2D eigenvalue weighted by molar-refractivity contribution is 7.99. The minimum absolute atomic E-state index is 0.0135. The molecule has 3 aromatic rings. The zero-order chi connectivity index (χ0) is 24.6. The van der Waals surface area contributed by atoms with Crippen LogP contribution in [-0.2, 0) is 11.3 Å². The summed E-state index contributed by atoms with van der Waals surface area (Å²) in [5.41, 5.74) is 2.31. The van der Waals surface area contributed by atoms with Gasteiger partial charge in [0.25, 0.3) is 11.8 Å². The molecule has 1 atom stereocenters. The van der Waals surface area contributed by atoms with Gasteiger partial charge in [-0.25, -0.2) is 18.4 Å². The van der Waals surface area contributed by atoms with Gasteiger partial charge in [-0.3, -0.25) is 9.59 Å².